The Labute approximate surface area is 74.6 Å². The summed E-state index contributed by atoms with van der Waals surface area (Å²) >= 11 is 0. The Morgan fingerprint density at radius 3 is 2.92 bits per heavy atom. The van der Waals surface area contributed by atoms with Crippen LogP contribution in [0.3, 0.4) is 0 Å². The molecule has 72 valence electrons. The summed E-state index contributed by atoms with van der Waals surface area (Å²) in [7, 11) is 1.74. The van der Waals surface area contributed by atoms with Crippen LogP contribution < -0.4 is 0 Å². The van der Waals surface area contributed by atoms with Crippen LogP contribution in [-0.4, -0.2) is 38.5 Å². The zero-order chi connectivity index (χ0) is 8.81. The maximum atomic E-state index is 5.44. The number of nitrogens with zero attached hydrogens (tertiary/aromatic N) is 1. The van der Waals surface area contributed by atoms with Crippen molar-refractivity contribution in [3.05, 3.63) is 0 Å². The highest BCUT2D eigenvalue weighted by Crippen LogP contribution is 2.11. The van der Waals surface area contributed by atoms with Crippen LogP contribution in [0.4, 0.5) is 0 Å². The highest BCUT2D eigenvalue weighted by molar-refractivity contribution is 4.61. The SMILES string of the molecule is COCCCCN1C[C@@H](C)CO1. The first-order chi connectivity index (χ1) is 5.83. The van der Waals surface area contributed by atoms with Crippen molar-refractivity contribution < 1.29 is 9.57 Å². The molecule has 1 heterocycles. The molecule has 3 heteroatoms. The summed E-state index contributed by atoms with van der Waals surface area (Å²) in [6.45, 7) is 6.11. The topological polar surface area (TPSA) is 21.7 Å². The van der Waals surface area contributed by atoms with E-state index in [1.165, 1.54) is 6.42 Å². The first-order valence-corrected chi connectivity index (χ1v) is 4.69. The lowest BCUT2D eigenvalue weighted by Crippen LogP contribution is -2.20. The van der Waals surface area contributed by atoms with Gasteiger partial charge in [0.05, 0.1) is 6.61 Å². The van der Waals surface area contributed by atoms with Gasteiger partial charge in [-0.15, -0.1) is 0 Å². The van der Waals surface area contributed by atoms with Crippen LogP contribution in [-0.2, 0) is 9.57 Å². The summed E-state index contributed by atoms with van der Waals surface area (Å²) < 4.78 is 4.97. The van der Waals surface area contributed by atoms with Crippen LogP contribution >= 0.6 is 0 Å². The lowest BCUT2D eigenvalue weighted by Gasteiger charge is -2.12. The number of hydroxylamine groups is 2. The van der Waals surface area contributed by atoms with E-state index in [0.29, 0.717) is 5.92 Å². The van der Waals surface area contributed by atoms with Gasteiger partial charge in [-0.2, -0.15) is 5.06 Å². The zero-order valence-corrected chi connectivity index (χ0v) is 8.08. The van der Waals surface area contributed by atoms with E-state index in [1.807, 2.05) is 0 Å². The normalized spacial score (nSPS) is 25.0. The molecule has 1 rings (SSSR count). The van der Waals surface area contributed by atoms with Gasteiger partial charge < -0.3 is 4.74 Å². The molecule has 0 aromatic rings. The smallest absolute Gasteiger partial charge is 0.0723 e. The molecule has 0 aromatic carbocycles. The lowest BCUT2D eigenvalue weighted by molar-refractivity contribution is -0.111. The maximum Gasteiger partial charge on any atom is 0.0723 e. The van der Waals surface area contributed by atoms with E-state index in [2.05, 4.69) is 12.0 Å². The van der Waals surface area contributed by atoms with Crippen LogP contribution in [0.25, 0.3) is 0 Å². The second-order valence-corrected chi connectivity index (χ2v) is 3.49. The molecule has 3 nitrogen and oxygen atoms in total. The highest BCUT2D eigenvalue weighted by atomic mass is 16.7. The van der Waals surface area contributed by atoms with Gasteiger partial charge in [0.1, 0.15) is 0 Å². The van der Waals surface area contributed by atoms with E-state index < -0.39 is 0 Å². The van der Waals surface area contributed by atoms with Crippen LogP contribution in [0.2, 0.25) is 0 Å². The molecule has 0 spiro atoms. The Balaban J connectivity index is 1.93. The van der Waals surface area contributed by atoms with Crippen LogP contribution in [0.1, 0.15) is 19.8 Å². The van der Waals surface area contributed by atoms with Gasteiger partial charge in [-0.05, 0) is 18.8 Å². The molecule has 0 N–H and O–H groups in total. The molecule has 1 atom stereocenters. The quantitative estimate of drug-likeness (QED) is 0.585. The number of hydrogen-bond acceptors (Lipinski definition) is 3. The third-order valence-electron chi connectivity index (χ3n) is 2.06. The number of unbranched alkanes of at least 4 members (excludes halogenated alkanes) is 1. The van der Waals surface area contributed by atoms with Crippen molar-refractivity contribution in [2.45, 2.75) is 19.8 Å². The number of methoxy groups -OCH3 is 1. The number of rotatable bonds is 5. The molecule has 0 unspecified atom stereocenters. The summed E-state index contributed by atoms with van der Waals surface area (Å²) in [6, 6.07) is 0. The van der Waals surface area contributed by atoms with Crippen LogP contribution in [0, 0.1) is 5.92 Å². The van der Waals surface area contributed by atoms with Gasteiger partial charge in [0, 0.05) is 26.8 Å². The maximum absolute atomic E-state index is 5.44. The molecule has 0 aromatic heterocycles. The first kappa shape index (κ1) is 9.96. The van der Waals surface area contributed by atoms with Crippen LogP contribution in [0.15, 0.2) is 0 Å². The van der Waals surface area contributed by atoms with Gasteiger partial charge in [-0.3, -0.25) is 4.84 Å². The number of ether oxygens (including phenoxy) is 1. The largest absolute Gasteiger partial charge is 0.385 e. The minimum absolute atomic E-state index is 0.701. The Morgan fingerprint density at radius 1 is 1.50 bits per heavy atom. The van der Waals surface area contributed by atoms with Crippen molar-refractivity contribution in [3.63, 3.8) is 0 Å². The van der Waals surface area contributed by atoms with Gasteiger partial charge >= 0.3 is 0 Å². The van der Waals surface area contributed by atoms with Crippen molar-refractivity contribution in [3.8, 4) is 0 Å². The van der Waals surface area contributed by atoms with E-state index >= 15 is 0 Å². The van der Waals surface area contributed by atoms with Gasteiger partial charge in [0.25, 0.3) is 0 Å². The van der Waals surface area contributed by atoms with Crippen molar-refractivity contribution in [2.24, 2.45) is 5.92 Å². The van der Waals surface area contributed by atoms with Gasteiger partial charge in [-0.25, -0.2) is 0 Å². The molecule has 0 amide bonds. The van der Waals surface area contributed by atoms with E-state index in [4.69, 9.17) is 9.57 Å². The molecule has 0 bridgehead atoms. The lowest BCUT2D eigenvalue weighted by atomic mass is 10.2. The van der Waals surface area contributed by atoms with Crippen LogP contribution in [0.5, 0.6) is 0 Å². The Kier molecular flexibility index (Phi) is 4.58. The Bertz CT molecular complexity index is 119. The summed E-state index contributed by atoms with van der Waals surface area (Å²) in [5.74, 6) is 0.701. The Morgan fingerprint density at radius 2 is 2.33 bits per heavy atom. The van der Waals surface area contributed by atoms with Crippen molar-refractivity contribution in [1.29, 1.82) is 0 Å². The van der Waals surface area contributed by atoms with Gasteiger partial charge in [0.2, 0.25) is 0 Å². The molecule has 1 aliphatic rings. The fourth-order valence-corrected chi connectivity index (χ4v) is 1.38. The summed E-state index contributed by atoms with van der Waals surface area (Å²) in [5, 5.41) is 2.07. The van der Waals surface area contributed by atoms with E-state index in [9.17, 15) is 0 Å². The van der Waals surface area contributed by atoms with Gasteiger partial charge in [0.15, 0.2) is 0 Å². The second kappa shape index (κ2) is 5.51. The zero-order valence-electron chi connectivity index (χ0n) is 8.08. The molecule has 12 heavy (non-hydrogen) atoms. The third kappa shape index (κ3) is 3.52. The molecule has 0 saturated carbocycles. The molecule has 0 radical (unpaired) electrons. The molecule has 1 saturated heterocycles. The van der Waals surface area contributed by atoms with Crippen molar-refractivity contribution >= 4 is 0 Å². The minimum Gasteiger partial charge on any atom is -0.385 e. The average molecular weight is 173 g/mol. The fraction of sp³-hybridized carbons (Fsp3) is 1.00. The molecule has 0 aliphatic carbocycles. The predicted octanol–water partition coefficient (Wildman–Crippen LogP) is 1.30. The molecular formula is C9H19NO2. The molecular weight excluding hydrogens is 154 g/mol. The Hall–Kier alpha value is -0.120. The fourth-order valence-electron chi connectivity index (χ4n) is 1.38. The minimum atomic E-state index is 0.701. The highest BCUT2D eigenvalue weighted by Gasteiger charge is 2.18. The second-order valence-electron chi connectivity index (χ2n) is 3.49. The molecule has 1 aliphatic heterocycles. The summed E-state index contributed by atoms with van der Waals surface area (Å²) in [6.07, 6.45) is 2.30. The average Bonchev–Trinajstić information content (AvgIpc) is 2.45. The van der Waals surface area contributed by atoms with Crippen molar-refractivity contribution in [2.75, 3.05) is 33.4 Å². The number of hydrogen-bond donors (Lipinski definition) is 0. The standard InChI is InChI=1S/C9H19NO2/c1-9-7-10(12-8-9)5-3-4-6-11-2/h9H,3-8H2,1-2H3/t9-/m1/s1. The van der Waals surface area contributed by atoms with E-state index in [-0.39, 0.29) is 0 Å². The third-order valence-corrected chi connectivity index (χ3v) is 2.06. The van der Waals surface area contributed by atoms with E-state index in [0.717, 1.165) is 32.7 Å². The van der Waals surface area contributed by atoms with Crippen molar-refractivity contribution in [1.82, 2.24) is 5.06 Å². The predicted molar refractivity (Wildman–Crippen MR) is 47.8 cm³/mol. The summed E-state index contributed by atoms with van der Waals surface area (Å²) in [5.41, 5.74) is 0. The van der Waals surface area contributed by atoms with Gasteiger partial charge in [-0.1, -0.05) is 6.92 Å². The summed E-state index contributed by atoms with van der Waals surface area (Å²) in [4.78, 5) is 5.44. The monoisotopic (exact) mass is 173 g/mol. The van der Waals surface area contributed by atoms with E-state index in [1.54, 1.807) is 7.11 Å². The first-order valence-electron chi connectivity index (χ1n) is 4.69. The molecule has 1 fully saturated rings.